The van der Waals surface area contributed by atoms with Gasteiger partial charge in [0, 0.05) is 24.6 Å². The Morgan fingerprint density at radius 1 is 1.22 bits per heavy atom. The molecule has 0 bridgehead atoms. The first-order chi connectivity index (χ1) is 13.0. The van der Waals surface area contributed by atoms with Gasteiger partial charge in [0.1, 0.15) is 5.84 Å². The summed E-state index contributed by atoms with van der Waals surface area (Å²) < 4.78 is 0. The number of carbonyl (C=O) groups is 1. The lowest BCUT2D eigenvalue weighted by atomic mass is 9.98. The van der Waals surface area contributed by atoms with Crippen LogP contribution in [0.4, 0.5) is 0 Å². The number of hydrogen-bond acceptors (Lipinski definition) is 4. The zero-order valence-corrected chi connectivity index (χ0v) is 16.2. The van der Waals surface area contributed by atoms with Gasteiger partial charge in [-0.25, -0.2) is 0 Å². The number of amidine groups is 1. The summed E-state index contributed by atoms with van der Waals surface area (Å²) in [6, 6.07) is 12.5. The molecule has 0 fully saturated rings. The van der Waals surface area contributed by atoms with Crippen molar-refractivity contribution in [3.05, 3.63) is 64.5 Å². The van der Waals surface area contributed by atoms with Crippen LogP contribution in [0.1, 0.15) is 54.9 Å². The van der Waals surface area contributed by atoms with E-state index in [0.29, 0.717) is 19.0 Å². The first-order valence-electron chi connectivity index (χ1n) is 9.70. The highest BCUT2D eigenvalue weighted by Crippen LogP contribution is 2.29. The molecular formula is C22H26N4O. The van der Waals surface area contributed by atoms with Gasteiger partial charge in [0.15, 0.2) is 0 Å². The molecule has 2 aliphatic heterocycles. The molecule has 0 saturated carbocycles. The number of rotatable bonds is 5. The number of pyridine rings is 1. The van der Waals surface area contributed by atoms with E-state index in [4.69, 9.17) is 9.98 Å². The van der Waals surface area contributed by atoms with Gasteiger partial charge in [0.2, 0.25) is 5.91 Å². The van der Waals surface area contributed by atoms with Gasteiger partial charge in [0.25, 0.3) is 0 Å². The Balaban J connectivity index is 1.48. The molecule has 1 amide bonds. The molecule has 0 spiro atoms. The van der Waals surface area contributed by atoms with Crippen molar-refractivity contribution in [2.24, 2.45) is 4.99 Å². The molecule has 5 nitrogen and oxygen atoms in total. The van der Waals surface area contributed by atoms with E-state index >= 15 is 0 Å². The van der Waals surface area contributed by atoms with Crippen LogP contribution in [0.5, 0.6) is 0 Å². The number of hydrogen-bond donors (Lipinski definition) is 1. The average molecular weight is 362 g/mol. The maximum atomic E-state index is 12.5. The Morgan fingerprint density at radius 2 is 2.00 bits per heavy atom. The highest BCUT2D eigenvalue weighted by molar-refractivity contribution is 6.04. The molecule has 4 rings (SSSR count). The molecule has 0 aliphatic carbocycles. The largest absolute Gasteiger partial charge is 0.354 e. The van der Waals surface area contributed by atoms with Crippen molar-refractivity contribution >= 4 is 11.7 Å². The van der Waals surface area contributed by atoms with Gasteiger partial charge in [-0.05, 0) is 38.0 Å². The molecule has 0 unspecified atom stereocenters. The second-order valence-corrected chi connectivity index (χ2v) is 7.65. The van der Waals surface area contributed by atoms with Gasteiger partial charge >= 0.3 is 0 Å². The smallest absolute Gasteiger partial charge is 0.226 e. The predicted octanol–water partition coefficient (Wildman–Crippen LogP) is 3.03. The third kappa shape index (κ3) is 3.46. The SMILES string of the molecule is CC(C)N1CCc2nc(CC(=O)N[C@H](C)c3ccccc3)cc3c2C1=NC3. The molecular weight excluding hydrogens is 336 g/mol. The fourth-order valence-corrected chi connectivity index (χ4v) is 3.98. The Labute approximate surface area is 160 Å². The fourth-order valence-electron chi connectivity index (χ4n) is 3.98. The average Bonchev–Trinajstić information content (AvgIpc) is 3.07. The summed E-state index contributed by atoms with van der Waals surface area (Å²) in [5, 5.41) is 3.08. The van der Waals surface area contributed by atoms with Crippen LogP contribution in [0.25, 0.3) is 0 Å². The summed E-state index contributed by atoms with van der Waals surface area (Å²) in [6.07, 6.45) is 1.22. The number of nitrogens with one attached hydrogen (secondary N) is 1. The molecule has 1 atom stereocenters. The third-order valence-electron chi connectivity index (χ3n) is 5.36. The van der Waals surface area contributed by atoms with Gasteiger partial charge in [-0.3, -0.25) is 14.8 Å². The molecule has 2 aromatic rings. The minimum absolute atomic E-state index is 0.00441. The Kier molecular flexibility index (Phi) is 4.68. The molecule has 1 N–H and O–H groups in total. The van der Waals surface area contributed by atoms with Gasteiger partial charge in [0.05, 0.1) is 30.4 Å². The maximum absolute atomic E-state index is 12.5. The topological polar surface area (TPSA) is 57.6 Å². The molecule has 5 heteroatoms. The van der Waals surface area contributed by atoms with Gasteiger partial charge in [-0.15, -0.1) is 0 Å². The normalized spacial score (nSPS) is 16.1. The number of aromatic nitrogens is 1. The van der Waals surface area contributed by atoms with E-state index in [-0.39, 0.29) is 11.9 Å². The van der Waals surface area contributed by atoms with E-state index < -0.39 is 0 Å². The predicted molar refractivity (Wildman–Crippen MR) is 107 cm³/mol. The van der Waals surface area contributed by atoms with E-state index in [1.54, 1.807) is 0 Å². The highest BCUT2D eigenvalue weighted by Gasteiger charge is 2.31. The van der Waals surface area contributed by atoms with Crippen molar-refractivity contribution in [3.63, 3.8) is 0 Å². The van der Waals surface area contributed by atoms with Crippen LogP contribution in [0, 0.1) is 0 Å². The molecule has 1 aromatic carbocycles. The lowest BCUT2D eigenvalue weighted by Crippen LogP contribution is -2.42. The van der Waals surface area contributed by atoms with Crippen molar-refractivity contribution in [3.8, 4) is 0 Å². The van der Waals surface area contributed by atoms with Gasteiger partial charge in [-0.2, -0.15) is 0 Å². The zero-order chi connectivity index (χ0) is 19.0. The van der Waals surface area contributed by atoms with Crippen molar-refractivity contribution in [2.45, 2.75) is 52.2 Å². The summed E-state index contributed by atoms with van der Waals surface area (Å²) in [6.45, 7) is 8.04. The molecule has 1 aromatic heterocycles. The molecule has 3 heterocycles. The van der Waals surface area contributed by atoms with E-state index in [2.05, 4.69) is 30.1 Å². The summed E-state index contributed by atoms with van der Waals surface area (Å²) in [5.41, 5.74) is 5.46. The van der Waals surface area contributed by atoms with Crippen molar-refractivity contribution in [2.75, 3.05) is 6.54 Å². The summed E-state index contributed by atoms with van der Waals surface area (Å²) in [5.74, 6) is 1.09. The Bertz CT molecular complexity index is 889. The second-order valence-electron chi connectivity index (χ2n) is 7.65. The zero-order valence-electron chi connectivity index (χ0n) is 16.2. The standard InChI is InChI=1S/C22H26N4O/c1-14(2)26-10-9-19-21-17(13-23-22(21)26)11-18(25-19)12-20(27)24-15(3)16-7-5-4-6-8-16/h4-8,11,14-15H,9-10,12-13H2,1-3H3,(H,24,27)/t15-/m1/s1. The van der Waals surface area contributed by atoms with Crippen LogP contribution in [0.15, 0.2) is 41.4 Å². The highest BCUT2D eigenvalue weighted by atomic mass is 16.1. The van der Waals surface area contributed by atoms with Crippen LogP contribution < -0.4 is 5.32 Å². The van der Waals surface area contributed by atoms with Crippen molar-refractivity contribution < 1.29 is 4.79 Å². The van der Waals surface area contributed by atoms with E-state index in [1.165, 1.54) is 11.1 Å². The molecule has 27 heavy (non-hydrogen) atoms. The van der Waals surface area contributed by atoms with Crippen LogP contribution in [0.2, 0.25) is 0 Å². The minimum atomic E-state index is -0.0129. The molecule has 0 radical (unpaired) electrons. The fraction of sp³-hybridized carbons (Fsp3) is 0.409. The molecule has 140 valence electrons. The lowest BCUT2D eigenvalue weighted by molar-refractivity contribution is -0.121. The van der Waals surface area contributed by atoms with E-state index in [0.717, 1.165) is 35.8 Å². The number of benzene rings is 1. The van der Waals surface area contributed by atoms with Crippen LogP contribution in [-0.4, -0.2) is 34.2 Å². The lowest BCUT2D eigenvalue weighted by Gasteiger charge is -2.33. The first-order valence-corrected chi connectivity index (χ1v) is 9.70. The Morgan fingerprint density at radius 3 is 2.74 bits per heavy atom. The molecule has 2 aliphatic rings. The second kappa shape index (κ2) is 7.14. The summed E-state index contributed by atoms with van der Waals surface area (Å²) in [7, 11) is 0. The number of amides is 1. The van der Waals surface area contributed by atoms with Crippen molar-refractivity contribution in [1.29, 1.82) is 0 Å². The quantitative estimate of drug-likeness (QED) is 0.889. The van der Waals surface area contributed by atoms with E-state index in [9.17, 15) is 4.79 Å². The third-order valence-corrected chi connectivity index (χ3v) is 5.36. The summed E-state index contributed by atoms with van der Waals surface area (Å²) in [4.78, 5) is 24.4. The first kappa shape index (κ1) is 17.7. The number of carbonyl (C=O) groups excluding carboxylic acids is 1. The number of aliphatic imine (C=N–C) groups is 1. The van der Waals surface area contributed by atoms with Crippen molar-refractivity contribution in [1.82, 2.24) is 15.2 Å². The minimum Gasteiger partial charge on any atom is -0.354 e. The molecule has 0 saturated heterocycles. The van der Waals surface area contributed by atoms with Crippen LogP contribution >= 0.6 is 0 Å². The Hall–Kier alpha value is -2.69. The number of nitrogens with zero attached hydrogens (tertiary/aromatic N) is 3. The van der Waals surface area contributed by atoms with Crippen LogP contribution in [-0.2, 0) is 24.2 Å². The van der Waals surface area contributed by atoms with Gasteiger partial charge in [-0.1, -0.05) is 30.3 Å². The van der Waals surface area contributed by atoms with E-state index in [1.807, 2.05) is 37.3 Å². The summed E-state index contributed by atoms with van der Waals surface area (Å²) >= 11 is 0. The van der Waals surface area contributed by atoms with Crippen LogP contribution in [0.3, 0.4) is 0 Å². The van der Waals surface area contributed by atoms with Gasteiger partial charge < -0.3 is 10.2 Å². The monoisotopic (exact) mass is 362 g/mol. The maximum Gasteiger partial charge on any atom is 0.226 e.